The van der Waals surface area contributed by atoms with Gasteiger partial charge in [0.2, 0.25) is 0 Å². The molecule has 94 valence electrons. The predicted molar refractivity (Wildman–Crippen MR) is 64.8 cm³/mol. The summed E-state index contributed by atoms with van der Waals surface area (Å²) in [7, 11) is 0. The maximum atomic E-state index is 11.5. The average molecular weight is 264 g/mol. The first-order chi connectivity index (χ1) is 8.74. The summed E-state index contributed by atoms with van der Waals surface area (Å²) in [5.74, 6) is 0.715. The molecule has 2 heterocycles. The molecule has 0 saturated heterocycles. The van der Waals surface area contributed by atoms with Gasteiger partial charge in [0.05, 0.1) is 10.8 Å². The molecule has 2 aromatic heterocycles. The fourth-order valence-corrected chi connectivity index (χ4v) is 2.18. The summed E-state index contributed by atoms with van der Waals surface area (Å²) in [6, 6.07) is 3.82. The number of rotatable bonds is 4. The Balaban J connectivity index is 1.70. The Morgan fingerprint density at radius 3 is 3.06 bits per heavy atom. The van der Waals surface area contributed by atoms with Gasteiger partial charge in [-0.3, -0.25) is 4.79 Å². The van der Waals surface area contributed by atoms with Gasteiger partial charge in [-0.15, -0.1) is 21.5 Å². The molecule has 0 unspecified atom stereocenters. The zero-order valence-corrected chi connectivity index (χ0v) is 10.6. The molecule has 1 aliphatic rings. The van der Waals surface area contributed by atoms with Crippen LogP contribution in [0.3, 0.4) is 0 Å². The van der Waals surface area contributed by atoms with E-state index in [9.17, 15) is 4.79 Å². The molecule has 0 spiro atoms. The molecule has 1 fully saturated rings. The molecule has 18 heavy (non-hydrogen) atoms. The van der Waals surface area contributed by atoms with E-state index in [0.29, 0.717) is 11.8 Å². The van der Waals surface area contributed by atoms with Gasteiger partial charge in [0, 0.05) is 0 Å². The molecule has 5 nitrogen and oxygen atoms in total. The number of hydrogen-bond acceptors (Lipinski definition) is 6. The molecule has 0 aromatic carbocycles. The Morgan fingerprint density at radius 2 is 2.39 bits per heavy atom. The third kappa shape index (κ3) is 2.28. The van der Waals surface area contributed by atoms with Crippen molar-refractivity contribution in [1.82, 2.24) is 10.2 Å². The smallest absolute Gasteiger partial charge is 0.309 e. The van der Waals surface area contributed by atoms with Gasteiger partial charge in [0.25, 0.3) is 11.8 Å². The van der Waals surface area contributed by atoms with E-state index in [1.165, 1.54) is 11.3 Å². The van der Waals surface area contributed by atoms with E-state index in [1.54, 1.807) is 6.92 Å². The molecule has 2 aromatic rings. The van der Waals surface area contributed by atoms with Crippen LogP contribution < -0.4 is 0 Å². The van der Waals surface area contributed by atoms with E-state index in [1.807, 2.05) is 17.5 Å². The molecule has 6 heteroatoms. The first-order valence-electron chi connectivity index (χ1n) is 5.82. The van der Waals surface area contributed by atoms with E-state index >= 15 is 0 Å². The summed E-state index contributed by atoms with van der Waals surface area (Å²) in [5, 5.41) is 9.81. The van der Waals surface area contributed by atoms with Crippen LogP contribution in [-0.2, 0) is 9.53 Å². The summed E-state index contributed by atoms with van der Waals surface area (Å²) in [6.45, 7) is 1.74. The fraction of sp³-hybridized carbons (Fsp3) is 0.417. The lowest BCUT2D eigenvalue weighted by atomic mass is 10.4. The number of carbonyl (C=O) groups is 1. The minimum atomic E-state index is -0.487. The molecule has 0 amide bonds. The Hall–Kier alpha value is -1.69. The number of nitrogens with zero attached hydrogens (tertiary/aromatic N) is 2. The highest BCUT2D eigenvalue weighted by Gasteiger charge is 2.33. The van der Waals surface area contributed by atoms with Crippen molar-refractivity contribution >= 4 is 17.3 Å². The third-order valence-corrected chi connectivity index (χ3v) is 3.58. The van der Waals surface area contributed by atoms with Crippen LogP contribution in [0.1, 0.15) is 31.8 Å². The zero-order valence-electron chi connectivity index (χ0n) is 9.83. The summed E-state index contributed by atoms with van der Waals surface area (Å²) < 4.78 is 10.8. The average Bonchev–Trinajstić information content (AvgIpc) is 2.89. The molecule has 1 atom stereocenters. The largest absolute Gasteiger partial charge is 0.452 e. The number of carbonyl (C=O) groups excluding carboxylic acids is 1. The van der Waals surface area contributed by atoms with Crippen molar-refractivity contribution < 1.29 is 13.9 Å². The summed E-state index contributed by atoms with van der Waals surface area (Å²) in [5.41, 5.74) is 0. The summed E-state index contributed by atoms with van der Waals surface area (Å²) in [4.78, 5) is 12.4. The molecule has 0 aliphatic heterocycles. The van der Waals surface area contributed by atoms with Crippen LogP contribution in [0.2, 0.25) is 0 Å². The van der Waals surface area contributed by atoms with Gasteiger partial charge in [-0.25, -0.2) is 0 Å². The maximum Gasteiger partial charge on any atom is 0.309 e. The first kappa shape index (κ1) is 11.4. The second-order valence-electron chi connectivity index (χ2n) is 4.28. The first-order valence-corrected chi connectivity index (χ1v) is 6.70. The zero-order chi connectivity index (χ0) is 12.5. The van der Waals surface area contributed by atoms with Gasteiger partial charge in [0.15, 0.2) is 6.10 Å². The van der Waals surface area contributed by atoms with E-state index in [-0.39, 0.29) is 11.9 Å². The third-order valence-electron chi connectivity index (χ3n) is 2.72. The van der Waals surface area contributed by atoms with Crippen molar-refractivity contribution in [2.75, 3.05) is 0 Å². The van der Waals surface area contributed by atoms with E-state index in [2.05, 4.69) is 10.2 Å². The molecular weight excluding hydrogens is 252 g/mol. The minimum absolute atomic E-state index is 0.0761. The second-order valence-corrected chi connectivity index (χ2v) is 5.22. The van der Waals surface area contributed by atoms with Gasteiger partial charge in [-0.05, 0) is 31.2 Å². The predicted octanol–water partition coefficient (Wildman–Crippen LogP) is 2.81. The molecule has 1 aliphatic carbocycles. The SMILES string of the molecule is C[C@H](OC(=O)C1CC1)c1nnc(-c2cccs2)o1. The highest BCUT2D eigenvalue weighted by Crippen LogP contribution is 2.32. The van der Waals surface area contributed by atoms with E-state index < -0.39 is 6.10 Å². The monoisotopic (exact) mass is 264 g/mol. The molecule has 1 saturated carbocycles. The Labute approximate surface area is 108 Å². The minimum Gasteiger partial charge on any atom is -0.452 e. The molecular formula is C12H12N2O3S. The quantitative estimate of drug-likeness (QED) is 0.794. The van der Waals surface area contributed by atoms with Gasteiger partial charge in [-0.2, -0.15) is 0 Å². The van der Waals surface area contributed by atoms with Crippen LogP contribution >= 0.6 is 11.3 Å². The van der Waals surface area contributed by atoms with Crippen LogP contribution in [0.25, 0.3) is 10.8 Å². The van der Waals surface area contributed by atoms with Crippen LogP contribution in [-0.4, -0.2) is 16.2 Å². The maximum absolute atomic E-state index is 11.5. The van der Waals surface area contributed by atoms with E-state index in [0.717, 1.165) is 17.7 Å². The number of aromatic nitrogens is 2. The van der Waals surface area contributed by atoms with Crippen molar-refractivity contribution in [3.05, 3.63) is 23.4 Å². The van der Waals surface area contributed by atoms with Gasteiger partial charge in [-0.1, -0.05) is 6.07 Å². The molecule has 3 rings (SSSR count). The fourth-order valence-electron chi connectivity index (χ4n) is 1.54. The topological polar surface area (TPSA) is 65.2 Å². The number of esters is 1. The lowest BCUT2D eigenvalue weighted by Gasteiger charge is -2.08. The van der Waals surface area contributed by atoms with Crippen LogP contribution in [0.4, 0.5) is 0 Å². The van der Waals surface area contributed by atoms with Gasteiger partial charge >= 0.3 is 5.97 Å². The van der Waals surface area contributed by atoms with Gasteiger partial charge < -0.3 is 9.15 Å². The highest BCUT2D eigenvalue weighted by molar-refractivity contribution is 7.13. The highest BCUT2D eigenvalue weighted by atomic mass is 32.1. The van der Waals surface area contributed by atoms with Crippen molar-refractivity contribution in [2.24, 2.45) is 5.92 Å². The van der Waals surface area contributed by atoms with Crippen LogP contribution in [0.15, 0.2) is 21.9 Å². The van der Waals surface area contributed by atoms with Crippen molar-refractivity contribution in [1.29, 1.82) is 0 Å². The molecule has 0 radical (unpaired) electrons. The van der Waals surface area contributed by atoms with Crippen molar-refractivity contribution in [2.45, 2.75) is 25.9 Å². The van der Waals surface area contributed by atoms with Crippen LogP contribution in [0, 0.1) is 5.92 Å². The lowest BCUT2D eigenvalue weighted by Crippen LogP contribution is -2.10. The molecule has 0 bridgehead atoms. The molecule has 0 N–H and O–H groups in total. The van der Waals surface area contributed by atoms with Gasteiger partial charge in [0.1, 0.15) is 0 Å². The Bertz CT molecular complexity index is 545. The number of ether oxygens (including phenoxy) is 1. The Morgan fingerprint density at radius 1 is 1.56 bits per heavy atom. The second kappa shape index (κ2) is 4.53. The lowest BCUT2D eigenvalue weighted by molar-refractivity contribution is -0.151. The van der Waals surface area contributed by atoms with E-state index in [4.69, 9.17) is 9.15 Å². The van der Waals surface area contributed by atoms with Crippen molar-refractivity contribution in [3.63, 3.8) is 0 Å². The Kier molecular flexibility index (Phi) is 2.87. The normalized spacial score (nSPS) is 16.5. The van der Waals surface area contributed by atoms with Crippen molar-refractivity contribution in [3.8, 4) is 10.8 Å². The van der Waals surface area contributed by atoms with Crippen LogP contribution in [0.5, 0.6) is 0 Å². The summed E-state index contributed by atoms with van der Waals surface area (Å²) >= 11 is 1.53. The number of hydrogen-bond donors (Lipinski definition) is 0. The standard InChI is InChI=1S/C12H12N2O3S/c1-7(16-12(15)8-4-5-8)10-13-14-11(17-10)9-3-2-6-18-9/h2-3,6-8H,4-5H2,1H3/t7-/m0/s1. The number of thiophene rings is 1. The summed E-state index contributed by atoms with van der Waals surface area (Å²) in [6.07, 6.45) is 1.37.